The molecular weight excluding hydrogens is 396 g/mol. The summed E-state index contributed by atoms with van der Waals surface area (Å²) in [5.74, 6) is -0.0316. The second-order valence-corrected chi connectivity index (χ2v) is 8.84. The number of benzene rings is 3. The zero-order valence-corrected chi connectivity index (χ0v) is 18.3. The molecule has 1 aromatic heterocycles. The number of hydrogen-bond acceptors (Lipinski definition) is 4. The first-order valence-electron chi connectivity index (χ1n) is 9.43. The van der Waals surface area contributed by atoms with Gasteiger partial charge in [-0.3, -0.25) is 9.69 Å². The first kappa shape index (κ1) is 19.7. The summed E-state index contributed by atoms with van der Waals surface area (Å²) in [5.41, 5.74) is 5.05. The third-order valence-electron chi connectivity index (χ3n) is 4.93. The van der Waals surface area contributed by atoms with E-state index in [1.54, 1.807) is 28.0 Å². The Hall–Kier alpha value is -2.63. The van der Waals surface area contributed by atoms with Gasteiger partial charge in [-0.1, -0.05) is 53.8 Å². The normalized spacial score (nSPS) is 11.0. The van der Waals surface area contributed by atoms with Crippen LogP contribution in [0.3, 0.4) is 0 Å². The molecule has 1 amide bonds. The molecule has 0 bridgehead atoms. The van der Waals surface area contributed by atoms with Crippen molar-refractivity contribution < 1.29 is 4.79 Å². The Morgan fingerprint density at radius 1 is 0.966 bits per heavy atom. The minimum Gasteiger partial charge on any atom is -0.279 e. The Bertz CT molecular complexity index is 1110. The van der Waals surface area contributed by atoms with Gasteiger partial charge in [0.15, 0.2) is 5.13 Å². The summed E-state index contributed by atoms with van der Waals surface area (Å²) in [6.07, 6.45) is 2.03. The monoisotopic (exact) mass is 418 g/mol. The number of anilines is 1. The zero-order chi connectivity index (χ0) is 20.4. The fourth-order valence-electron chi connectivity index (χ4n) is 3.25. The highest BCUT2D eigenvalue weighted by atomic mass is 32.2. The summed E-state index contributed by atoms with van der Waals surface area (Å²) in [6.45, 7) is 4.64. The van der Waals surface area contributed by atoms with Crippen molar-refractivity contribution in [3.8, 4) is 0 Å². The number of carbonyl (C=O) groups excluding carboxylic acids is 1. The van der Waals surface area contributed by atoms with Crippen LogP contribution in [0, 0.1) is 13.8 Å². The van der Waals surface area contributed by atoms with Crippen LogP contribution in [0.25, 0.3) is 10.2 Å². The van der Waals surface area contributed by atoms with Crippen molar-refractivity contribution in [2.75, 3.05) is 11.2 Å². The number of thioether (sulfide) groups is 1. The zero-order valence-electron chi connectivity index (χ0n) is 16.7. The molecule has 29 heavy (non-hydrogen) atoms. The highest BCUT2D eigenvalue weighted by Crippen LogP contribution is 2.34. The first-order chi connectivity index (χ1) is 14.1. The van der Waals surface area contributed by atoms with E-state index in [4.69, 9.17) is 4.98 Å². The SMILES string of the molecule is CSc1ccc(C(=O)N(Cc2ccccc2)c2nc3c(C)ccc(C)c3s2)cc1. The maximum atomic E-state index is 13.5. The van der Waals surface area contributed by atoms with Gasteiger partial charge in [0, 0.05) is 10.5 Å². The number of thiazole rings is 1. The van der Waals surface area contributed by atoms with Crippen LogP contribution >= 0.6 is 23.1 Å². The molecule has 0 unspecified atom stereocenters. The average molecular weight is 419 g/mol. The lowest BCUT2D eigenvalue weighted by atomic mass is 10.1. The minimum atomic E-state index is -0.0316. The van der Waals surface area contributed by atoms with Crippen molar-refractivity contribution in [1.82, 2.24) is 4.98 Å². The molecule has 0 N–H and O–H groups in total. The highest BCUT2D eigenvalue weighted by Gasteiger charge is 2.22. The van der Waals surface area contributed by atoms with E-state index >= 15 is 0 Å². The van der Waals surface area contributed by atoms with Gasteiger partial charge in [-0.15, -0.1) is 11.8 Å². The van der Waals surface area contributed by atoms with E-state index in [-0.39, 0.29) is 5.91 Å². The van der Waals surface area contributed by atoms with E-state index in [2.05, 4.69) is 26.0 Å². The van der Waals surface area contributed by atoms with Crippen LogP contribution in [0.2, 0.25) is 0 Å². The standard InChI is InChI=1S/C24H22N2OS2/c1-16-9-10-17(2)22-21(16)25-24(29-22)26(15-18-7-5-4-6-8-18)23(27)19-11-13-20(28-3)14-12-19/h4-14H,15H2,1-3H3. The van der Waals surface area contributed by atoms with Gasteiger partial charge >= 0.3 is 0 Å². The second kappa shape index (κ2) is 8.39. The molecule has 5 heteroatoms. The van der Waals surface area contributed by atoms with Crippen LogP contribution in [0.5, 0.6) is 0 Å². The van der Waals surface area contributed by atoms with Gasteiger partial charge in [0.05, 0.1) is 16.8 Å². The molecule has 0 saturated heterocycles. The summed E-state index contributed by atoms with van der Waals surface area (Å²) in [6, 6.07) is 22.1. The molecule has 3 aromatic carbocycles. The lowest BCUT2D eigenvalue weighted by Gasteiger charge is -2.20. The van der Waals surface area contributed by atoms with Crippen LogP contribution in [-0.4, -0.2) is 17.1 Å². The number of carbonyl (C=O) groups is 1. The third-order valence-corrected chi connectivity index (χ3v) is 6.88. The minimum absolute atomic E-state index is 0.0316. The number of aryl methyl sites for hydroxylation is 2. The molecule has 0 saturated carbocycles. The Morgan fingerprint density at radius 3 is 2.31 bits per heavy atom. The predicted molar refractivity (Wildman–Crippen MR) is 124 cm³/mol. The van der Waals surface area contributed by atoms with Gasteiger partial charge in [0.2, 0.25) is 0 Å². The largest absolute Gasteiger partial charge is 0.279 e. The number of amides is 1. The van der Waals surface area contributed by atoms with E-state index in [1.807, 2.05) is 60.9 Å². The average Bonchev–Trinajstić information content (AvgIpc) is 3.21. The van der Waals surface area contributed by atoms with Gasteiger partial charge in [-0.25, -0.2) is 4.98 Å². The van der Waals surface area contributed by atoms with Gasteiger partial charge in [-0.2, -0.15) is 0 Å². The molecule has 0 fully saturated rings. The molecule has 0 atom stereocenters. The van der Waals surface area contributed by atoms with E-state index < -0.39 is 0 Å². The van der Waals surface area contributed by atoms with Crippen molar-refractivity contribution in [3.05, 3.63) is 89.0 Å². The number of aromatic nitrogens is 1. The molecule has 3 nitrogen and oxygen atoms in total. The first-order valence-corrected chi connectivity index (χ1v) is 11.5. The van der Waals surface area contributed by atoms with Gasteiger partial charge in [-0.05, 0) is 61.1 Å². The maximum absolute atomic E-state index is 13.5. The van der Waals surface area contributed by atoms with Gasteiger partial charge < -0.3 is 0 Å². The molecule has 1 heterocycles. The quantitative estimate of drug-likeness (QED) is 0.348. The smallest absolute Gasteiger partial charge is 0.260 e. The molecule has 0 spiro atoms. The van der Waals surface area contributed by atoms with Crippen molar-refractivity contribution in [3.63, 3.8) is 0 Å². The third kappa shape index (κ3) is 4.07. The van der Waals surface area contributed by atoms with Gasteiger partial charge in [0.1, 0.15) is 0 Å². The van der Waals surface area contributed by atoms with Crippen LogP contribution in [0.15, 0.2) is 71.6 Å². The molecule has 0 aliphatic carbocycles. The van der Waals surface area contributed by atoms with Crippen molar-refractivity contribution in [2.45, 2.75) is 25.3 Å². The number of hydrogen-bond donors (Lipinski definition) is 0. The summed E-state index contributed by atoms with van der Waals surface area (Å²) >= 11 is 3.25. The molecule has 0 aliphatic rings. The van der Waals surface area contributed by atoms with Crippen molar-refractivity contribution in [1.29, 1.82) is 0 Å². The lowest BCUT2D eigenvalue weighted by Crippen LogP contribution is -2.30. The fourth-order valence-corrected chi connectivity index (χ4v) is 4.76. The highest BCUT2D eigenvalue weighted by molar-refractivity contribution is 7.98. The van der Waals surface area contributed by atoms with Crippen LogP contribution in [0.4, 0.5) is 5.13 Å². The molecule has 0 radical (unpaired) electrons. The summed E-state index contributed by atoms with van der Waals surface area (Å²) in [5, 5.41) is 0.736. The Labute approximate surface area is 179 Å². The van der Waals surface area contributed by atoms with Crippen LogP contribution < -0.4 is 4.90 Å². The summed E-state index contributed by atoms with van der Waals surface area (Å²) in [4.78, 5) is 21.3. The molecule has 4 aromatic rings. The number of nitrogens with zero attached hydrogens (tertiary/aromatic N) is 2. The lowest BCUT2D eigenvalue weighted by molar-refractivity contribution is 0.0985. The summed E-state index contributed by atoms with van der Waals surface area (Å²) < 4.78 is 1.14. The predicted octanol–water partition coefficient (Wildman–Crippen LogP) is 6.48. The van der Waals surface area contributed by atoms with E-state index in [1.165, 1.54) is 5.56 Å². The van der Waals surface area contributed by atoms with Crippen molar-refractivity contribution in [2.24, 2.45) is 0 Å². The topological polar surface area (TPSA) is 33.2 Å². The van der Waals surface area contributed by atoms with E-state index in [9.17, 15) is 4.79 Å². The van der Waals surface area contributed by atoms with Crippen LogP contribution in [-0.2, 0) is 6.54 Å². The fraction of sp³-hybridized carbons (Fsp3) is 0.167. The number of fused-ring (bicyclic) bond motifs is 1. The van der Waals surface area contributed by atoms with E-state index in [0.717, 1.165) is 31.4 Å². The Kier molecular flexibility index (Phi) is 5.69. The number of rotatable bonds is 5. The van der Waals surface area contributed by atoms with E-state index in [0.29, 0.717) is 12.1 Å². The van der Waals surface area contributed by atoms with Gasteiger partial charge in [0.25, 0.3) is 5.91 Å². The maximum Gasteiger partial charge on any atom is 0.260 e. The Morgan fingerprint density at radius 2 is 1.66 bits per heavy atom. The molecule has 0 aliphatic heterocycles. The molecule has 4 rings (SSSR count). The Balaban J connectivity index is 1.78. The second-order valence-electron chi connectivity index (χ2n) is 6.98. The molecular formula is C24H22N2OS2. The van der Waals surface area contributed by atoms with Crippen molar-refractivity contribution >= 4 is 44.4 Å². The summed E-state index contributed by atoms with van der Waals surface area (Å²) in [7, 11) is 0. The molecule has 146 valence electrons. The van der Waals surface area contributed by atoms with Crippen LogP contribution in [0.1, 0.15) is 27.0 Å².